The van der Waals surface area contributed by atoms with E-state index in [0.717, 1.165) is 31.0 Å². The van der Waals surface area contributed by atoms with Crippen LogP contribution in [0.4, 0.5) is 0 Å². The maximum Gasteiger partial charge on any atom is 0.251 e. The summed E-state index contributed by atoms with van der Waals surface area (Å²) >= 11 is 1.75. The van der Waals surface area contributed by atoms with Crippen molar-refractivity contribution in [1.29, 1.82) is 0 Å². The third-order valence-corrected chi connectivity index (χ3v) is 5.38. The lowest BCUT2D eigenvalue weighted by Crippen LogP contribution is -2.36. The number of carbonyl (C=O) groups excluding carboxylic acids is 1. The topological polar surface area (TPSA) is 65.5 Å². The summed E-state index contributed by atoms with van der Waals surface area (Å²) in [4.78, 5) is 18.1. The van der Waals surface area contributed by atoms with Gasteiger partial charge in [0.25, 0.3) is 5.91 Å². The Morgan fingerprint density at radius 1 is 1.15 bits per heavy atom. The molecule has 0 spiro atoms. The molecule has 1 atom stereocenters. The predicted molar refractivity (Wildman–Crippen MR) is 114 cm³/mol. The first kappa shape index (κ1) is 21.0. The lowest BCUT2D eigenvalue weighted by molar-refractivity contribution is 0.0939. The van der Waals surface area contributed by atoms with Crippen LogP contribution in [0.1, 0.15) is 53.6 Å². The summed E-state index contributed by atoms with van der Waals surface area (Å²) in [6, 6.07) is 9.95. The zero-order valence-corrected chi connectivity index (χ0v) is 17.5. The van der Waals surface area contributed by atoms with E-state index >= 15 is 0 Å². The van der Waals surface area contributed by atoms with Crippen LogP contribution >= 0.6 is 11.3 Å². The summed E-state index contributed by atoms with van der Waals surface area (Å²) < 4.78 is 0. The molecule has 1 heterocycles. The zero-order valence-electron chi connectivity index (χ0n) is 16.6. The minimum absolute atomic E-state index is 0.0271. The second kappa shape index (κ2) is 10.7. The summed E-state index contributed by atoms with van der Waals surface area (Å²) in [6.07, 6.45) is 0.920. The summed E-state index contributed by atoms with van der Waals surface area (Å²) in [7, 11) is 0. The summed E-state index contributed by atoms with van der Waals surface area (Å²) in [5.41, 5.74) is 3.05. The molecule has 27 heavy (non-hydrogen) atoms. The van der Waals surface area contributed by atoms with E-state index in [-0.39, 0.29) is 11.9 Å². The number of hydrogen-bond donors (Lipinski definition) is 3. The number of guanidine groups is 1. The van der Waals surface area contributed by atoms with Gasteiger partial charge < -0.3 is 16.0 Å². The van der Waals surface area contributed by atoms with E-state index in [2.05, 4.69) is 53.2 Å². The molecule has 0 aliphatic heterocycles. The Labute approximate surface area is 166 Å². The van der Waals surface area contributed by atoms with Crippen molar-refractivity contribution in [3.63, 3.8) is 0 Å². The molecule has 6 heteroatoms. The van der Waals surface area contributed by atoms with Gasteiger partial charge in [0.1, 0.15) is 0 Å². The molecule has 1 amide bonds. The van der Waals surface area contributed by atoms with Crippen LogP contribution < -0.4 is 16.0 Å². The lowest BCUT2D eigenvalue weighted by Gasteiger charge is -2.12. The minimum Gasteiger partial charge on any atom is -0.357 e. The fraction of sp³-hybridized carbons (Fsp3) is 0.429. The van der Waals surface area contributed by atoms with Crippen LogP contribution in [0.15, 0.2) is 40.7 Å². The Morgan fingerprint density at radius 3 is 2.48 bits per heavy atom. The number of aliphatic imine (C=N–C) groups is 1. The highest BCUT2D eigenvalue weighted by atomic mass is 32.1. The van der Waals surface area contributed by atoms with Crippen molar-refractivity contribution < 1.29 is 4.79 Å². The van der Waals surface area contributed by atoms with Crippen LogP contribution in [0.25, 0.3) is 0 Å². The number of hydrogen-bond acceptors (Lipinski definition) is 3. The number of nitrogens with one attached hydrogen (secondary N) is 3. The van der Waals surface area contributed by atoms with E-state index in [0.29, 0.717) is 12.1 Å². The van der Waals surface area contributed by atoms with Gasteiger partial charge in [0.05, 0.1) is 13.1 Å². The highest BCUT2D eigenvalue weighted by molar-refractivity contribution is 7.10. The number of carbonyl (C=O) groups is 1. The van der Waals surface area contributed by atoms with Gasteiger partial charge in [-0.25, -0.2) is 4.99 Å². The zero-order chi connectivity index (χ0) is 19.6. The Balaban J connectivity index is 1.94. The van der Waals surface area contributed by atoms with Crippen molar-refractivity contribution in [2.45, 2.75) is 53.2 Å². The molecular weight excluding hydrogens is 356 g/mol. The molecule has 146 valence electrons. The van der Waals surface area contributed by atoms with Crippen LogP contribution in [-0.2, 0) is 13.1 Å². The second-order valence-electron chi connectivity index (χ2n) is 6.56. The third-order valence-electron chi connectivity index (χ3n) is 4.35. The molecule has 1 aromatic heterocycles. The highest BCUT2D eigenvalue weighted by Crippen LogP contribution is 2.14. The third kappa shape index (κ3) is 6.71. The van der Waals surface area contributed by atoms with Crippen LogP contribution in [0.2, 0.25) is 0 Å². The molecule has 0 fully saturated rings. The van der Waals surface area contributed by atoms with Crippen molar-refractivity contribution in [3.8, 4) is 0 Å². The van der Waals surface area contributed by atoms with Crippen molar-refractivity contribution in [1.82, 2.24) is 16.0 Å². The van der Waals surface area contributed by atoms with E-state index in [4.69, 9.17) is 0 Å². The number of rotatable bonds is 8. The average Bonchev–Trinajstić information content (AvgIpc) is 3.09. The van der Waals surface area contributed by atoms with Gasteiger partial charge in [0.2, 0.25) is 0 Å². The summed E-state index contributed by atoms with van der Waals surface area (Å²) in [5, 5.41) is 11.7. The molecule has 0 aliphatic carbocycles. The Bertz CT molecular complexity index is 752. The smallest absolute Gasteiger partial charge is 0.251 e. The number of benzene rings is 1. The Kier molecular flexibility index (Phi) is 8.33. The van der Waals surface area contributed by atoms with Gasteiger partial charge in [-0.05, 0) is 61.9 Å². The molecule has 1 aromatic carbocycles. The first-order valence-corrected chi connectivity index (χ1v) is 10.4. The van der Waals surface area contributed by atoms with E-state index in [1.54, 1.807) is 11.3 Å². The largest absolute Gasteiger partial charge is 0.357 e. The molecule has 3 N–H and O–H groups in total. The predicted octanol–water partition coefficient (Wildman–Crippen LogP) is 3.84. The van der Waals surface area contributed by atoms with Crippen molar-refractivity contribution in [2.24, 2.45) is 4.99 Å². The average molecular weight is 387 g/mol. The van der Waals surface area contributed by atoms with E-state index in [1.165, 1.54) is 10.4 Å². The Hall–Kier alpha value is -2.34. The van der Waals surface area contributed by atoms with Crippen molar-refractivity contribution >= 4 is 23.2 Å². The number of thiophene rings is 1. The molecule has 0 saturated carbocycles. The molecular formula is C21H30N4OS. The van der Waals surface area contributed by atoms with Gasteiger partial charge in [-0.15, -0.1) is 11.3 Å². The molecule has 5 nitrogen and oxygen atoms in total. The maximum atomic E-state index is 12.1. The van der Waals surface area contributed by atoms with E-state index in [1.807, 2.05) is 31.2 Å². The maximum absolute atomic E-state index is 12.1. The van der Waals surface area contributed by atoms with Gasteiger partial charge in [0.15, 0.2) is 5.96 Å². The SMILES string of the molecule is CCNC(=NCc1ccc(C(=O)NC(C)CC)cc1)NCc1sccc1C. The molecule has 2 aromatic rings. The molecule has 1 unspecified atom stereocenters. The van der Waals surface area contributed by atoms with E-state index in [9.17, 15) is 4.79 Å². The van der Waals surface area contributed by atoms with Crippen LogP contribution in [0, 0.1) is 6.92 Å². The number of nitrogens with zero attached hydrogens (tertiary/aromatic N) is 1. The van der Waals surface area contributed by atoms with Gasteiger partial charge >= 0.3 is 0 Å². The van der Waals surface area contributed by atoms with Gasteiger partial charge in [-0.1, -0.05) is 19.1 Å². The summed E-state index contributed by atoms with van der Waals surface area (Å²) in [6.45, 7) is 10.4. The molecule has 0 bridgehead atoms. The quantitative estimate of drug-likeness (QED) is 0.477. The van der Waals surface area contributed by atoms with Gasteiger partial charge in [0, 0.05) is 23.0 Å². The minimum atomic E-state index is -0.0271. The van der Waals surface area contributed by atoms with Gasteiger partial charge in [-0.3, -0.25) is 4.79 Å². The highest BCUT2D eigenvalue weighted by Gasteiger charge is 2.08. The number of aryl methyl sites for hydroxylation is 1. The molecule has 0 saturated heterocycles. The molecule has 0 aliphatic rings. The Morgan fingerprint density at radius 2 is 1.89 bits per heavy atom. The fourth-order valence-electron chi connectivity index (χ4n) is 2.43. The summed E-state index contributed by atoms with van der Waals surface area (Å²) in [5.74, 6) is 0.768. The van der Waals surface area contributed by atoms with E-state index < -0.39 is 0 Å². The van der Waals surface area contributed by atoms with Crippen LogP contribution in [0.3, 0.4) is 0 Å². The first-order chi connectivity index (χ1) is 13.0. The number of amides is 1. The molecule has 2 rings (SSSR count). The van der Waals surface area contributed by atoms with Crippen molar-refractivity contribution in [3.05, 3.63) is 57.3 Å². The lowest BCUT2D eigenvalue weighted by atomic mass is 10.1. The fourth-order valence-corrected chi connectivity index (χ4v) is 3.28. The monoisotopic (exact) mass is 386 g/mol. The normalized spacial score (nSPS) is 12.5. The van der Waals surface area contributed by atoms with Crippen molar-refractivity contribution in [2.75, 3.05) is 6.54 Å². The van der Waals surface area contributed by atoms with Crippen LogP contribution in [-0.4, -0.2) is 24.5 Å². The standard InChI is InChI=1S/C21H30N4OS/c1-5-16(4)25-20(26)18-9-7-17(8-10-18)13-23-21(22-6-2)24-14-19-15(3)11-12-27-19/h7-12,16H,5-6,13-14H2,1-4H3,(H,25,26)(H2,22,23,24). The molecule has 0 radical (unpaired) electrons. The second-order valence-corrected chi connectivity index (χ2v) is 7.56. The first-order valence-electron chi connectivity index (χ1n) is 9.48. The van der Waals surface area contributed by atoms with Gasteiger partial charge in [-0.2, -0.15) is 0 Å². The van der Waals surface area contributed by atoms with Crippen LogP contribution in [0.5, 0.6) is 0 Å².